The van der Waals surface area contributed by atoms with Crippen molar-refractivity contribution in [3.8, 4) is 0 Å². The second kappa shape index (κ2) is 6.08. The minimum atomic E-state index is -0.408. The van der Waals surface area contributed by atoms with Crippen molar-refractivity contribution in [2.45, 2.75) is 37.5 Å². The highest BCUT2D eigenvalue weighted by Gasteiger charge is 2.50. The summed E-state index contributed by atoms with van der Waals surface area (Å²) < 4.78 is 10.6. The van der Waals surface area contributed by atoms with Crippen molar-refractivity contribution < 1.29 is 19.1 Å². The van der Waals surface area contributed by atoms with Crippen LogP contribution in [0.1, 0.15) is 29.6 Å². The van der Waals surface area contributed by atoms with E-state index < -0.39 is 12.0 Å². The Kier molecular flexibility index (Phi) is 4.16. The summed E-state index contributed by atoms with van der Waals surface area (Å²) in [5, 5.41) is 0. The Labute approximate surface area is 130 Å². The number of fused-ring (bicyclic) bond motifs is 2. The third-order valence-corrected chi connectivity index (χ3v) is 4.96. The number of benzene rings is 1. The van der Waals surface area contributed by atoms with Crippen LogP contribution in [0.3, 0.4) is 0 Å². The summed E-state index contributed by atoms with van der Waals surface area (Å²) >= 11 is 0. The minimum absolute atomic E-state index is 0.0970. The van der Waals surface area contributed by atoms with Gasteiger partial charge in [-0.2, -0.15) is 0 Å². The second-order valence-corrected chi connectivity index (χ2v) is 6.06. The fraction of sp³-hybridized carbons (Fsp3) is 0.529. The van der Waals surface area contributed by atoms with Gasteiger partial charge in [0.25, 0.3) is 0 Å². The number of carbonyl (C=O) groups excluding carboxylic acids is 2. The maximum atomic E-state index is 12.3. The summed E-state index contributed by atoms with van der Waals surface area (Å²) in [6.07, 6.45) is 2.26. The van der Waals surface area contributed by atoms with Crippen molar-refractivity contribution in [2.24, 2.45) is 5.92 Å². The first kappa shape index (κ1) is 15.0. The van der Waals surface area contributed by atoms with Crippen molar-refractivity contribution in [1.82, 2.24) is 4.90 Å². The summed E-state index contributed by atoms with van der Waals surface area (Å²) in [5.41, 5.74) is 0.511. The van der Waals surface area contributed by atoms with Crippen molar-refractivity contribution in [2.75, 3.05) is 14.2 Å². The Hall–Kier alpha value is -1.88. The zero-order valence-corrected chi connectivity index (χ0v) is 12.9. The highest BCUT2D eigenvalue weighted by Crippen LogP contribution is 2.40. The van der Waals surface area contributed by atoms with Crippen LogP contribution in [0, 0.1) is 5.92 Å². The lowest BCUT2D eigenvalue weighted by Crippen LogP contribution is -2.53. The SMILES string of the molecule is COC(=O)[C@H]1[C@H]2CC[C@H](C[C@H]1OC(=O)c1ccccc1)N2C. The third kappa shape index (κ3) is 2.61. The molecule has 0 radical (unpaired) electrons. The van der Waals surface area contributed by atoms with Gasteiger partial charge in [-0.3, -0.25) is 9.69 Å². The number of piperidine rings is 1. The smallest absolute Gasteiger partial charge is 0.338 e. The molecule has 2 bridgehead atoms. The molecule has 2 fully saturated rings. The molecule has 2 saturated heterocycles. The molecule has 5 nitrogen and oxygen atoms in total. The number of hydrogen-bond donors (Lipinski definition) is 0. The largest absolute Gasteiger partial charge is 0.469 e. The first-order chi connectivity index (χ1) is 10.6. The third-order valence-electron chi connectivity index (χ3n) is 4.96. The Morgan fingerprint density at radius 2 is 1.91 bits per heavy atom. The maximum Gasteiger partial charge on any atom is 0.338 e. The normalized spacial score (nSPS) is 30.8. The van der Waals surface area contributed by atoms with E-state index in [1.165, 1.54) is 7.11 Å². The quantitative estimate of drug-likeness (QED) is 0.798. The Morgan fingerprint density at radius 3 is 2.59 bits per heavy atom. The summed E-state index contributed by atoms with van der Waals surface area (Å²) in [7, 11) is 3.42. The lowest BCUT2D eigenvalue weighted by atomic mass is 9.87. The Balaban J connectivity index is 1.79. The summed E-state index contributed by atoms with van der Waals surface area (Å²) in [5.74, 6) is -1.06. The van der Waals surface area contributed by atoms with Crippen molar-refractivity contribution in [1.29, 1.82) is 0 Å². The molecule has 0 N–H and O–H groups in total. The van der Waals surface area contributed by atoms with Gasteiger partial charge >= 0.3 is 11.9 Å². The van der Waals surface area contributed by atoms with E-state index in [4.69, 9.17) is 9.47 Å². The van der Waals surface area contributed by atoms with E-state index in [0.29, 0.717) is 18.0 Å². The van der Waals surface area contributed by atoms with E-state index in [0.717, 1.165) is 12.8 Å². The molecule has 0 amide bonds. The number of esters is 2. The number of hydrogen-bond acceptors (Lipinski definition) is 5. The number of methoxy groups -OCH3 is 1. The molecule has 0 saturated carbocycles. The van der Waals surface area contributed by atoms with Crippen LogP contribution in [0.25, 0.3) is 0 Å². The van der Waals surface area contributed by atoms with E-state index in [1.807, 2.05) is 13.1 Å². The molecule has 4 atom stereocenters. The molecule has 2 aliphatic rings. The van der Waals surface area contributed by atoms with Gasteiger partial charge in [-0.25, -0.2) is 4.79 Å². The van der Waals surface area contributed by atoms with Crippen molar-refractivity contribution >= 4 is 11.9 Å². The first-order valence-corrected chi connectivity index (χ1v) is 7.67. The van der Waals surface area contributed by atoms with Crippen molar-refractivity contribution in [3.05, 3.63) is 35.9 Å². The predicted molar refractivity (Wildman–Crippen MR) is 80.3 cm³/mol. The molecule has 0 aromatic heterocycles. The van der Waals surface area contributed by atoms with Gasteiger partial charge in [0.2, 0.25) is 0 Å². The molecule has 22 heavy (non-hydrogen) atoms. The van der Waals surface area contributed by atoms with Crippen LogP contribution in [0.15, 0.2) is 30.3 Å². The molecule has 2 heterocycles. The number of carbonyl (C=O) groups is 2. The van der Waals surface area contributed by atoms with Crippen LogP contribution in [-0.2, 0) is 14.3 Å². The maximum absolute atomic E-state index is 12.3. The van der Waals surface area contributed by atoms with Gasteiger partial charge in [-0.15, -0.1) is 0 Å². The molecule has 5 heteroatoms. The van der Waals surface area contributed by atoms with Gasteiger partial charge in [0, 0.05) is 18.5 Å². The van der Waals surface area contributed by atoms with Gasteiger partial charge < -0.3 is 9.47 Å². The molecular weight excluding hydrogens is 282 g/mol. The van der Waals surface area contributed by atoms with E-state index >= 15 is 0 Å². The lowest BCUT2D eigenvalue weighted by Gasteiger charge is -2.40. The van der Waals surface area contributed by atoms with E-state index in [2.05, 4.69) is 4.90 Å². The average molecular weight is 303 g/mol. The monoisotopic (exact) mass is 303 g/mol. The fourth-order valence-electron chi connectivity index (χ4n) is 3.77. The van der Waals surface area contributed by atoms with Crippen LogP contribution >= 0.6 is 0 Å². The molecule has 118 valence electrons. The lowest BCUT2D eigenvalue weighted by molar-refractivity contribution is -0.156. The van der Waals surface area contributed by atoms with Gasteiger partial charge in [0.1, 0.15) is 12.0 Å². The summed E-state index contributed by atoms with van der Waals surface area (Å²) in [6, 6.07) is 9.36. The second-order valence-electron chi connectivity index (χ2n) is 6.06. The topological polar surface area (TPSA) is 55.8 Å². The zero-order valence-electron chi connectivity index (χ0n) is 12.9. The van der Waals surface area contributed by atoms with E-state index in [1.54, 1.807) is 24.3 Å². The molecule has 2 aliphatic heterocycles. The molecule has 0 aliphatic carbocycles. The predicted octanol–water partition coefficient (Wildman–Crippen LogP) is 1.87. The highest BCUT2D eigenvalue weighted by molar-refractivity contribution is 5.89. The molecule has 1 aromatic carbocycles. The van der Waals surface area contributed by atoms with Crippen LogP contribution in [0.5, 0.6) is 0 Å². The summed E-state index contributed by atoms with van der Waals surface area (Å²) in [4.78, 5) is 26.7. The highest BCUT2D eigenvalue weighted by atomic mass is 16.6. The van der Waals surface area contributed by atoms with Crippen molar-refractivity contribution in [3.63, 3.8) is 0 Å². The van der Waals surface area contributed by atoms with Gasteiger partial charge in [0.15, 0.2) is 0 Å². The van der Waals surface area contributed by atoms with Gasteiger partial charge in [-0.1, -0.05) is 18.2 Å². The van der Waals surface area contributed by atoms with Gasteiger partial charge in [-0.05, 0) is 32.0 Å². The first-order valence-electron chi connectivity index (χ1n) is 7.67. The van der Waals surface area contributed by atoms with E-state index in [9.17, 15) is 9.59 Å². The molecule has 0 spiro atoms. The number of nitrogens with zero attached hydrogens (tertiary/aromatic N) is 1. The zero-order chi connectivity index (χ0) is 15.7. The average Bonchev–Trinajstić information content (AvgIpc) is 2.78. The fourth-order valence-corrected chi connectivity index (χ4v) is 3.77. The molecule has 1 aromatic rings. The number of rotatable bonds is 3. The molecular formula is C17H21NO4. The Bertz CT molecular complexity index is 559. The van der Waals surface area contributed by atoms with Gasteiger partial charge in [0.05, 0.1) is 12.7 Å². The Morgan fingerprint density at radius 1 is 1.18 bits per heavy atom. The summed E-state index contributed by atoms with van der Waals surface area (Å²) in [6.45, 7) is 0. The minimum Gasteiger partial charge on any atom is -0.469 e. The van der Waals surface area contributed by atoms with E-state index in [-0.39, 0.29) is 18.0 Å². The standard InChI is InChI=1S/C17H21NO4/c1-18-12-8-9-13(18)15(17(20)21-2)14(10-12)22-16(19)11-6-4-3-5-7-11/h3-7,12-15H,8-10H2,1-2H3/t12-,13-,14-,15+/m1/s1. The molecule has 0 unspecified atom stereocenters. The van der Waals surface area contributed by atoms with Crippen LogP contribution in [0.2, 0.25) is 0 Å². The molecule has 3 rings (SSSR count). The van der Waals surface area contributed by atoms with Crippen LogP contribution < -0.4 is 0 Å². The number of ether oxygens (including phenoxy) is 2. The van der Waals surface area contributed by atoms with Crippen LogP contribution in [-0.4, -0.2) is 49.2 Å². The van der Waals surface area contributed by atoms with Crippen LogP contribution in [0.4, 0.5) is 0 Å².